The molecule has 0 aliphatic heterocycles. The summed E-state index contributed by atoms with van der Waals surface area (Å²) in [5.41, 5.74) is 0.891. The van der Waals surface area contributed by atoms with Gasteiger partial charge in [-0.15, -0.1) is 0 Å². The van der Waals surface area contributed by atoms with E-state index >= 15 is 0 Å². The van der Waals surface area contributed by atoms with Crippen LogP contribution in [0.3, 0.4) is 0 Å². The molecule has 5 heteroatoms. The molecule has 0 unspecified atom stereocenters. The third kappa shape index (κ3) is 3.45. The first-order valence-electron chi connectivity index (χ1n) is 7.20. The van der Waals surface area contributed by atoms with Crippen molar-refractivity contribution in [3.63, 3.8) is 0 Å². The van der Waals surface area contributed by atoms with Crippen LogP contribution in [0.2, 0.25) is 0 Å². The van der Waals surface area contributed by atoms with Crippen molar-refractivity contribution in [1.82, 2.24) is 9.97 Å². The highest BCUT2D eigenvalue weighted by molar-refractivity contribution is 14.1. The SMILES string of the molecule is O=c1[nH]c(COc2ccccc2)nc(C2CCCC2)c1I. The average molecular weight is 396 g/mol. The molecular weight excluding hydrogens is 379 g/mol. The molecule has 1 aliphatic carbocycles. The number of rotatable bonds is 4. The maximum Gasteiger partial charge on any atom is 0.264 e. The summed E-state index contributed by atoms with van der Waals surface area (Å²) in [5.74, 6) is 1.81. The maximum absolute atomic E-state index is 12.1. The largest absolute Gasteiger partial charge is 0.486 e. The molecule has 110 valence electrons. The van der Waals surface area contributed by atoms with E-state index in [4.69, 9.17) is 4.74 Å². The third-order valence-corrected chi connectivity index (χ3v) is 4.84. The highest BCUT2D eigenvalue weighted by Gasteiger charge is 2.23. The van der Waals surface area contributed by atoms with Crippen molar-refractivity contribution in [1.29, 1.82) is 0 Å². The van der Waals surface area contributed by atoms with Crippen molar-refractivity contribution in [2.45, 2.75) is 38.2 Å². The van der Waals surface area contributed by atoms with Gasteiger partial charge in [0, 0.05) is 5.92 Å². The van der Waals surface area contributed by atoms with Crippen LogP contribution in [0.25, 0.3) is 0 Å². The Kier molecular flexibility index (Phi) is 4.57. The van der Waals surface area contributed by atoms with E-state index in [2.05, 4.69) is 32.6 Å². The molecule has 1 aliphatic rings. The predicted molar refractivity (Wildman–Crippen MR) is 89.6 cm³/mol. The molecule has 1 heterocycles. The molecule has 2 aromatic rings. The van der Waals surface area contributed by atoms with Gasteiger partial charge in [-0.2, -0.15) is 0 Å². The van der Waals surface area contributed by atoms with E-state index in [1.54, 1.807) is 0 Å². The van der Waals surface area contributed by atoms with E-state index in [0.717, 1.165) is 27.9 Å². The number of nitrogens with zero attached hydrogens (tertiary/aromatic N) is 1. The first-order chi connectivity index (χ1) is 10.2. The first kappa shape index (κ1) is 14.6. The number of benzene rings is 1. The third-order valence-electron chi connectivity index (χ3n) is 3.80. The second-order valence-corrected chi connectivity index (χ2v) is 6.37. The predicted octanol–water partition coefficient (Wildman–Crippen LogP) is 3.61. The van der Waals surface area contributed by atoms with Gasteiger partial charge < -0.3 is 9.72 Å². The zero-order valence-electron chi connectivity index (χ0n) is 11.6. The van der Waals surface area contributed by atoms with Crippen LogP contribution in [0.15, 0.2) is 35.1 Å². The van der Waals surface area contributed by atoms with Gasteiger partial charge in [-0.05, 0) is 47.6 Å². The second-order valence-electron chi connectivity index (χ2n) is 5.29. The summed E-state index contributed by atoms with van der Waals surface area (Å²) in [6.45, 7) is 0.288. The monoisotopic (exact) mass is 396 g/mol. The summed E-state index contributed by atoms with van der Waals surface area (Å²) in [7, 11) is 0. The molecule has 21 heavy (non-hydrogen) atoms. The molecule has 0 saturated heterocycles. The van der Waals surface area contributed by atoms with Crippen LogP contribution in [-0.4, -0.2) is 9.97 Å². The summed E-state index contributed by atoms with van der Waals surface area (Å²) in [6.07, 6.45) is 4.72. The number of ether oxygens (including phenoxy) is 1. The lowest BCUT2D eigenvalue weighted by atomic mass is 10.0. The fourth-order valence-corrected chi connectivity index (χ4v) is 3.43. The molecule has 1 saturated carbocycles. The molecule has 0 bridgehead atoms. The Morgan fingerprint density at radius 3 is 2.67 bits per heavy atom. The van der Waals surface area contributed by atoms with Crippen LogP contribution in [0.4, 0.5) is 0 Å². The number of hydrogen-bond acceptors (Lipinski definition) is 3. The molecule has 0 atom stereocenters. The number of hydrogen-bond donors (Lipinski definition) is 1. The minimum Gasteiger partial charge on any atom is -0.486 e. The van der Waals surface area contributed by atoms with Gasteiger partial charge in [-0.3, -0.25) is 4.79 Å². The van der Waals surface area contributed by atoms with Gasteiger partial charge >= 0.3 is 0 Å². The summed E-state index contributed by atoms with van der Waals surface area (Å²) >= 11 is 2.10. The van der Waals surface area contributed by atoms with Gasteiger partial charge in [0.2, 0.25) is 0 Å². The lowest BCUT2D eigenvalue weighted by Crippen LogP contribution is -2.20. The Labute approximate surface area is 137 Å². The average Bonchev–Trinajstić information content (AvgIpc) is 3.03. The van der Waals surface area contributed by atoms with Gasteiger partial charge in [0.1, 0.15) is 18.2 Å². The molecule has 0 amide bonds. The van der Waals surface area contributed by atoms with Crippen LogP contribution in [0.5, 0.6) is 5.75 Å². The molecule has 0 spiro atoms. The lowest BCUT2D eigenvalue weighted by Gasteiger charge is -2.12. The topological polar surface area (TPSA) is 55.0 Å². The van der Waals surface area contributed by atoms with Crippen molar-refractivity contribution < 1.29 is 4.74 Å². The Morgan fingerprint density at radius 1 is 1.24 bits per heavy atom. The van der Waals surface area contributed by atoms with E-state index in [0.29, 0.717) is 11.7 Å². The number of aromatic amines is 1. The van der Waals surface area contributed by atoms with E-state index in [9.17, 15) is 4.79 Å². The van der Waals surface area contributed by atoms with Gasteiger partial charge in [-0.25, -0.2) is 4.98 Å². The number of H-pyrrole nitrogens is 1. The fraction of sp³-hybridized carbons (Fsp3) is 0.375. The fourth-order valence-electron chi connectivity index (χ4n) is 2.73. The van der Waals surface area contributed by atoms with Crippen molar-refractivity contribution in [2.24, 2.45) is 0 Å². The summed E-state index contributed by atoms with van der Waals surface area (Å²) in [6, 6.07) is 9.56. The van der Waals surface area contributed by atoms with Crippen LogP contribution in [0.1, 0.15) is 43.1 Å². The molecule has 1 fully saturated rings. The van der Waals surface area contributed by atoms with Crippen molar-refractivity contribution in [3.8, 4) is 5.75 Å². The quantitative estimate of drug-likeness (QED) is 0.804. The lowest BCUT2D eigenvalue weighted by molar-refractivity contribution is 0.294. The molecule has 1 N–H and O–H groups in total. The number of aromatic nitrogens is 2. The Balaban J connectivity index is 1.80. The van der Waals surface area contributed by atoms with Crippen LogP contribution >= 0.6 is 22.6 Å². The van der Waals surface area contributed by atoms with Crippen molar-refractivity contribution in [3.05, 3.63) is 55.8 Å². The van der Waals surface area contributed by atoms with E-state index in [1.807, 2.05) is 30.3 Å². The van der Waals surface area contributed by atoms with Crippen molar-refractivity contribution >= 4 is 22.6 Å². The van der Waals surface area contributed by atoms with E-state index in [-0.39, 0.29) is 12.2 Å². The van der Waals surface area contributed by atoms with Gasteiger partial charge in [-0.1, -0.05) is 31.0 Å². The highest BCUT2D eigenvalue weighted by atomic mass is 127. The highest BCUT2D eigenvalue weighted by Crippen LogP contribution is 2.34. The van der Waals surface area contributed by atoms with Crippen LogP contribution in [-0.2, 0) is 6.61 Å². The first-order valence-corrected chi connectivity index (χ1v) is 8.28. The van der Waals surface area contributed by atoms with Gasteiger partial charge in [0.15, 0.2) is 0 Å². The van der Waals surface area contributed by atoms with Gasteiger partial charge in [0.25, 0.3) is 5.56 Å². The minimum atomic E-state index is -0.0563. The normalized spacial score (nSPS) is 15.3. The second kappa shape index (κ2) is 6.60. The Bertz CT molecular complexity index is 664. The van der Waals surface area contributed by atoms with E-state index in [1.165, 1.54) is 12.8 Å². The standard InChI is InChI=1S/C16H17IN2O2/c17-14-15(11-6-4-5-7-11)18-13(19-16(14)20)10-21-12-8-2-1-3-9-12/h1-3,8-9,11H,4-7,10H2,(H,18,19,20). The molecule has 1 aromatic heterocycles. The van der Waals surface area contributed by atoms with E-state index < -0.39 is 0 Å². The summed E-state index contributed by atoms with van der Waals surface area (Å²) < 4.78 is 6.39. The summed E-state index contributed by atoms with van der Waals surface area (Å²) in [5, 5.41) is 0. The smallest absolute Gasteiger partial charge is 0.264 e. The van der Waals surface area contributed by atoms with Crippen LogP contribution < -0.4 is 10.3 Å². The minimum absolute atomic E-state index is 0.0563. The molecule has 3 rings (SSSR count). The molecule has 1 aromatic carbocycles. The molecule has 0 radical (unpaired) electrons. The van der Waals surface area contributed by atoms with Crippen LogP contribution in [0, 0.1) is 3.57 Å². The Hall–Kier alpha value is -1.37. The summed E-state index contributed by atoms with van der Waals surface area (Å²) in [4.78, 5) is 19.5. The van der Waals surface area contributed by atoms with Gasteiger partial charge in [0.05, 0.1) is 9.26 Å². The van der Waals surface area contributed by atoms with Crippen molar-refractivity contribution in [2.75, 3.05) is 0 Å². The maximum atomic E-state index is 12.1. The zero-order valence-corrected chi connectivity index (χ0v) is 13.8. The Morgan fingerprint density at radius 2 is 1.95 bits per heavy atom. The molecule has 4 nitrogen and oxygen atoms in total. The number of para-hydroxylation sites is 1. The number of nitrogens with one attached hydrogen (secondary N) is 1. The molecular formula is C16H17IN2O2. The number of halogens is 1. The zero-order chi connectivity index (χ0) is 14.7.